The third kappa shape index (κ3) is 4.38. The average molecular weight is 295 g/mol. The van der Waals surface area contributed by atoms with Gasteiger partial charge in [-0.2, -0.15) is 0 Å². The van der Waals surface area contributed by atoms with Crippen LogP contribution in [0.3, 0.4) is 0 Å². The van der Waals surface area contributed by atoms with Crippen molar-refractivity contribution in [2.24, 2.45) is 0 Å². The summed E-state index contributed by atoms with van der Waals surface area (Å²) >= 11 is 16.7. The van der Waals surface area contributed by atoms with E-state index in [-0.39, 0.29) is 6.04 Å². The number of halogens is 3. The van der Waals surface area contributed by atoms with Gasteiger partial charge in [0.1, 0.15) is 0 Å². The largest absolute Gasteiger partial charge is 0.339 e. The van der Waals surface area contributed by atoms with E-state index in [9.17, 15) is 4.79 Å². The second-order valence-electron chi connectivity index (χ2n) is 3.95. The predicted octanol–water partition coefficient (Wildman–Crippen LogP) is 3.45. The number of nitrogens with zero attached hydrogens (tertiary/aromatic N) is 1. The highest BCUT2D eigenvalue weighted by molar-refractivity contribution is 6.76. The zero-order valence-electron chi connectivity index (χ0n) is 9.66. The van der Waals surface area contributed by atoms with Crippen molar-refractivity contribution in [2.45, 2.75) is 23.2 Å². The Labute approximate surface area is 116 Å². The van der Waals surface area contributed by atoms with Gasteiger partial charge in [-0.15, -0.1) is 0 Å². The number of amides is 1. The van der Waals surface area contributed by atoms with Crippen LogP contribution >= 0.6 is 34.8 Å². The van der Waals surface area contributed by atoms with Crippen LogP contribution in [0.2, 0.25) is 0 Å². The van der Waals surface area contributed by atoms with E-state index in [2.05, 4.69) is 0 Å². The molecule has 1 rings (SSSR count). The number of rotatable bonds is 3. The van der Waals surface area contributed by atoms with Crippen molar-refractivity contribution < 1.29 is 4.79 Å². The van der Waals surface area contributed by atoms with Crippen LogP contribution in [-0.2, 0) is 11.2 Å². The van der Waals surface area contributed by atoms with Gasteiger partial charge in [-0.1, -0.05) is 65.1 Å². The quantitative estimate of drug-likeness (QED) is 0.782. The standard InChI is InChI=1S/C12H14Cl3NO/c1-9(8-10-6-4-3-5-7-10)16(2)11(17)12(13,14)15/h3-7,9H,8H2,1-2H3. The highest BCUT2D eigenvalue weighted by atomic mass is 35.6. The number of likely N-dealkylation sites (N-methyl/N-ethyl adjacent to an activating group) is 1. The summed E-state index contributed by atoms with van der Waals surface area (Å²) in [6, 6.07) is 9.84. The van der Waals surface area contributed by atoms with E-state index < -0.39 is 9.70 Å². The normalized spacial score (nSPS) is 13.2. The van der Waals surface area contributed by atoms with Crippen LogP contribution < -0.4 is 0 Å². The fraction of sp³-hybridized carbons (Fsp3) is 0.417. The van der Waals surface area contributed by atoms with E-state index >= 15 is 0 Å². The van der Waals surface area contributed by atoms with Crippen LogP contribution in [-0.4, -0.2) is 27.7 Å². The SMILES string of the molecule is CC(Cc1ccccc1)N(C)C(=O)C(Cl)(Cl)Cl. The molecule has 5 heteroatoms. The van der Waals surface area contributed by atoms with Crippen LogP contribution in [0.5, 0.6) is 0 Å². The first-order valence-electron chi connectivity index (χ1n) is 5.20. The maximum Gasteiger partial charge on any atom is 0.274 e. The third-order valence-corrected chi connectivity index (χ3v) is 3.08. The van der Waals surface area contributed by atoms with E-state index in [0.717, 1.165) is 12.0 Å². The van der Waals surface area contributed by atoms with Crippen molar-refractivity contribution in [3.63, 3.8) is 0 Å². The van der Waals surface area contributed by atoms with Gasteiger partial charge >= 0.3 is 0 Å². The maximum atomic E-state index is 11.7. The summed E-state index contributed by atoms with van der Waals surface area (Å²) in [5.74, 6) is -0.508. The lowest BCUT2D eigenvalue weighted by Gasteiger charge is -2.27. The first-order valence-corrected chi connectivity index (χ1v) is 6.33. The van der Waals surface area contributed by atoms with Crippen molar-refractivity contribution in [3.8, 4) is 0 Å². The Balaban J connectivity index is 2.65. The number of carbonyl (C=O) groups excluding carboxylic acids is 1. The molecule has 0 spiro atoms. The van der Waals surface area contributed by atoms with E-state index in [1.807, 2.05) is 37.3 Å². The molecule has 0 bridgehead atoms. The minimum Gasteiger partial charge on any atom is -0.339 e. The van der Waals surface area contributed by atoms with Gasteiger partial charge in [0.2, 0.25) is 0 Å². The molecule has 0 aliphatic heterocycles. The summed E-state index contributed by atoms with van der Waals surface area (Å²) in [6.45, 7) is 1.92. The zero-order valence-corrected chi connectivity index (χ0v) is 11.9. The molecule has 0 saturated carbocycles. The molecule has 94 valence electrons. The summed E-state index contributed by atoms with van der Waals surface area (Å²) < 4.78 is -1.89. The Morgan fingerprint density at radius 2 is 1.82 bits per heavy atom. The van der Waals surface area contributed by atoms with Crippen LogP contribution in [0, 0.1) is 0 Å². The van der Waals surface area contributed by atoms with Crippen molar-refractivity contribution >= 4 is 40.7 Å². The monoisotopic (exact) mass is 293 g/mol. The molecule has 0 saturated heterocycles. The van der Waals surface area contributed by atoms with E-state index in [4.69, 9.17) is 34.8 Å². The molecule has 0 aliphatic rings. The molecule has 1 aromatic carbocycles. The molecule has 0 radical (unpaired) electrons. The fourth-order valence-corrected chi connectivity index (χ4v) is 1.89. The molecule has 0 heterocycles. The summed E-state index contributed by atoms with van der Waals surface area (Å²) in [4.78, 5) is 13.2. The number of hydrogen-bond acceptors (Lipinski definition) is 1. The lowest BCUT2D eigenvalue weighted by Crippen LogP contribution is -2.42. The van der Waals surface area contributed by atoms with Crippen LogP contribution in [0.1, 0.15) is 12.5 Å². The average Bonchev–Trinajstić information content (AvgIpc) is 2.27. The highest BCUT2D eigenvalue weighted by Crippen LogP contribution is 2.29. The van der Waals surface area contributed by atoms with E-state index in [1.54, 1.807) is 7.05 Å². The van der Waals surface area contributed by atoms with Gasteiger partial charge < -0.3 is 4.90 Å². The smallest absolute Gasteiger partial charge is 0.274 e. The van der Waals surface area contributed by atoms with E-state index in [0.29, 0.717) is 0 Å². The summed E-state index contributed by atoms with van der Waals surface area (Å²) in [7, 11) is 1.64. The fourth-order valence-electron chi connectivity index (χ4n) is 1.49. The van der Waals surface area contributed by atoms with Crippen LogP contribution in [0.25, 0.3) is 0 Å². The van der Waals surface area contributed by atoms with Crippen molar-refractivity contribution in [3.05, 3.63) is 35.9 Å². The molecule has 0 aliphatic carbocycles. The van der Waals surface area contributed by atoms with Crippen molar-refractivity contribution in [2.75, 3.05) is 7.05 Å². The molecular formula is C12H14Cl3NO. The molecule has 1 unspecified atom stereocenters. The van der Waals surface area contributed by atoms with Gasteiger partial charge in [0.15, 0.2) is 0 Å². The maximum absolute atomic E-state index is 11.7. The van der Waals surface area contributed by atoms with Crippen LogP contribution in [0.4, 0.5) is 0 Å². The van der Waals surface area contributed by atoms with Gasteiger partial charge in [-0.05, 0) is 18.9 Å². The number of hydrogen-bond donors (Lipinski definition) is 0. The number of carbonyl (C=O) groups is 1. The molecule has 2 nitrogen and oxygen atoms in total. The summed E-state index contributed by atoms with van der Waals surface area (Å²) in [6.07, 6.45) is 0.726. The highest BCUT2D eigenvalue weighted by Gasteiger charge is 2.35. The molecule has 0 N–H and O–H groups in total. The molecule has 1 aromatic rings. The summed E-state index contributed by atoms with van der Waals surface area (Å²) in [5, 5.41) is 0. The Morgan fingerprint density at radius 1 is 1.29 bits per heavy atom. The Kier molecular flexibility index (Phi) is 5.11. The predicted molar refractivity (Wildman–Crippen MR) is 72.7 cm³/mol. The second kappa shape index (κ2) is 5.94. The lowest BCUT2D eigenvalue weighted by molar-refractivity contribution is -0.130. The number of alkyl halides is 3. The van der Waals surface area contributed by atoms with Gasteiger partial charge in [0, 0.05) is 13.1 Å². The lowest BCUT2D eigenvalue weighted by atomic mass is 10.1. The van der Waals surface area contributed by atoms with Gasteiger partial charge in [-0.25, -0.2) is 0 Å². The second-order valence-corrected chi connectivity index (χ2v) is 6.23. The zero-order chi connectivity index (χ0) is 13.1. The molecule has 0 fully saturated rings. The van der Waals surface area contributed by atoms with Gasteiger partial charge in [0.05, 0.1) is 0 Å². The van der Waals surface area contributed by atoms with Gasteiger partial charge in [-0.3, -0.25) is 4.79 Å². The van der Waals surface area contributed by atoms with Crippen LogP contribution in [0.15, 0.2) is 30.3 Å². The third-order valence-electron chi connectivity index (χ3n) is 2.60. The number of benzene rings is 1. The molecular weight excluding hydrogens is 280 g/mol. The first kappa shape index (κ1) is 14.6. The minimum atomic E-state index is -1.89. The molecule has 1 atom stereocenters. The molecule has 17 heavy (non-hydrogen) atoms. The van der Waals surface area contributed by atoms with Gasteiger partial charge in [0.25, 0.3) is 9.70 Å². The molecule has 1 amide bonds. The Bertz CT molecular complexity index is 375. The Morgan fingerprint density at radius 3 is 2.29 bits per heavy atom. The Hall–Kier alpha value is -0.440. The van der Waals surface area contributed by atoms with Crippen molar-refractivity contribution in [1.82, 2.24) is 4.90 Å². The summed E-state index contributed by atoms with van der Waals surface area (Å²) in [5.41, 5.74) is 1.14. The van der Waals surface area contributed by atoms with Crippen molar-refractivity contribution in [1.29, 1.82) is 0 Å². The minimum absolute atomic E-state index is 0.0273. The first-order chi connectivity index (χ1) is 7.82. The molecule has 0 aromatic heterocycles. The topological polar surface area (TPSA) is 20.3 Å². The van der Waals surface area contributed by atoms with E-state index in [1.165, 1.54) is 4.90 Å².